The van der Waals surface area contributed by atoms with Gasteiger partial charge in [-0.15, -0.1) is 0 Å². The number of ketones is 1. The monoisotopic (exact) mass is 188 g/mol. The van der Waals surface area contributed by atoms with Gasteiger partial charge in [0, 0.05) is 12.5 Å². The fourth-order valence-corrected chi connectivity index (χ4v) is 0.587. The molecule has 0 aromatic heterocycles. The molecule has 0 spiro atoms. The van der Waals surface area contributed by atoms with Crippen LogP contribution in [-0.4, -0.2) is 41.8 Å². The van der Waals surface area contributed by atoms with Crippen molar-refractivity contribution in [2.75, 3.05) is 19.8 Å². The Morgan fingerprint density at radius 1 is 1.23 bits per heavy atom. The molecule has 13 heavy (non-hydrogen) atoms. The minimum Gasteiger partial charge on any atom is -0.478 e. The van der Waals surface area contributed by atoms with Crippen LogP contribution in [0.2, 0.25) is 0 Å². The molecule has 0 amide bonds. The number of allylic oxidation sites excluding steroid dienone is 1. The summed E-state index contributed by atoms with van der Waals surface area (Å²) in [7, 11) is 0. The van der Waals surface area contributed by atoms with Crippen LogP contribution in [-0.2, 0) is 14.3 Å². The molecule has 0 saturated carbocycles. The zero-order chi connectivity index (χ0) is 10.1. The van der Waals surface area contributed by atoms with Crippen LogP contribution in [0.15, 0.2) is 12.2 Å². The van der Waals surface area contributed by atoms with Gasteiger partial charge in [-0.1, -0.05) is 0 Å². The summed E-state index contributed by atoms with van der Waals surface area (Å²) in [5, 5.41) is 16.5. The van der Waals surface area contributed by atoms with E-state index in [9.17, 15) is 9.59 Å². The van der Waals surface area contributed by atoms with Crippen molar-refractivity contribution in [1.29, 1.82) is 0 Å². The molecule has 0 radical (unpaired) electrons. The Hall–Kier alpha value is -1.20. The van der Waals surface area contributed by atoms with E-state index in [0.29, 0.717) is 0 Å². The molecule has 5 heteroatoms. The van der Waals surface area contributed by atoms with Gasteiger partial charge >= 0.3 is 5.97 Å². The third-order valence-electron chi connectivity index (χ3n) is 1.14. The normalized spacial score (nSPS) is 10.5. The highest BCUT2D eigenvalue weighted by molar-refractivity contribution is 5.95. The summed E-state index contributed by atoms with van der Waals surface area (Å²) in [5.74, 6) is -1.45. The smallest absolute Gasteiger partial charge is 0.328 e. The molecule has 5 nitrogen and oxygen atoms in total. The van der Waals surface area contributed by atoms with Crippen LogP contribution in [0.25, 0.3) is 0 Å². The average Bonchev–Trinajstić information content (AvgIpc) is 2.09. The van der Waals surface area contributed by atoms with Crippen molar-refractivity contribution in [3.8, 4) is 0 Å². The number of carboxylic acid groups (broad SMARTS) is 1. The molecule has 74 valence electrons. The summed E-state index contributed by atoms with van der Waals surface area (Å²) in [6.45, 7) is 0.304. The maximum atomic E-state index is 10.8. The molecule has 0 rings (SSSR count). The predicted octanol–water partition coefficient (Wildman–Crippen LogP) is -0.405. The zero-order valence-corrected chi connectivity index (χ0v) is 7.10. The van der Waals surface area contributed by atoms with Crippen LogP contribution in [0.5, 0.6) is 0 Å². The predicted molar refractivity (Wildman–Crippen MR) is 44.3 cm³/mol. The van der Waals surface area contributed by atoms with Gasteiger partial charge < -0.3 is 14.9 Å². The molecule has 0 atom stereocenters. The number of hydrogen-bond donors (Lipinski definition) is 2. The first-order valence-electron chi connectivity index (χ1n) is 3.79. The van der Waals surface area contributed by atoms with Crippen LogP contribution in [0.1, 0.15) is 6.42 Å². The lowest BCUT2D eigenvalue weighted by molar-refractivity contribution is -0.131. The van der Waals surface area contributed by atoms with Crippen LogP contribution in [0.4, 0.5) is 0 Å². The Morgan fingerprint density at radius 3 is 2.46 bits per heavy atom. The molecule has 0 fully saturated rings. The maximum Gasteiger partial charge on any atom is 0.328 e. The summed E-state index contributed by atoms with van der Waals surface area (Å²) >= 11 is 0. The van der Waals surface area contributed by atoms with E-state index in [-0.39, 0.29) is 32.0 Å². The van der Waals surface area contributed by atoms with Crippen molar-refractivity contribution in [1.82, 2.24) is 0 Å². The van der Waals surface area contributed by atoms with Crippen LogP contribution >= 0.6 is 0 Å². The van der Waals surface area contributed by atoms with Crippen molar-refractivity contribution >= 4 is 11.8 Å². The third kappa shape index (κ3) is 8.71. The van der Waals surface area contributed by atoms with Gasteiger partial charge in [-0.3, -0.25) is 4.79 Å². The Kier molecular flexibility index (Phi) is 6.76. The van der Waals surface area contributed by atoms with Gasteiger partial charge in [0.15, 0.2) is 5.78 Å². The molecular formula is C8H12O5. The zero-order valence-electron chi connectivity index (χ0n) is 7.10. The second-order valence-corrected chi connectivity index (χ2v) is 2.22. The van der Waals surface area contributed by atoms with Crippen molar-refractivity contribution in [3.05, 3.63) is 12.2 Å². The van der Waals surface area contributed by atoms with E-state index in [1.807, 2.05) is 0 Å². The number of ether oxygens (including phenoxy) is 1. The Morgan fingerprint density at radius 2 is 1.92 bits per heavy atom. The number of aliphatic hydroxyl groups is 1. The van der Waals surface area contributed by atoms with Crippen molar-refractivity contribution in [2.45, 2.75) is 6.42 Å². The Balaban J connectivity index is 3.46. The molecule has 0 heterocycles. The highest BCUT2D eigenvalue weighted by Gasteiger charge is 1.97. The summed E-state index contributed by atoms with van der Waals surface area (Å²) < 4.78 is 4.81. The number of carbonyl (C=O) groups is 2. The van der Waals surface area contributed by atoms with Crippen molar-refractivity contribution < 1.29 is 24.5 Å². The summed E-state index contributed by atoms with van der Waals surface area (Å²) in [6.07, 6.45) is 1.91. The van der Waals surface area contributed by atoms with Gasteiger partial charge in [0.05, 0.1) is 19.8 Å². The van der Waals surface area contributed by atoms with Gasteiger partial charge in [0.1, 0.15) is 0 Å². The first-order chi connectivity index (χ1) is 6.16. The Labute approximate surface area is 75.6 Å². The standard InChI is InChI=1S/C8H12O5/c9-4-6-13-5-3-7(10)1-2-8(11)12/h1-2,9H,3-6H2,(H,11,12)/b2-1-. The molecule has 0 aliphatic rings. The van der Waals surface area contributed by atoms with Gasteiger partial charge in [-0.05, 0) is 6.08 Å². The lowest BCUT2D eigenvalue weighted by atomic mass is 10.3. The average molecular weight is 188 g/mol. The van der Waals surface area contributed by atoms with E-state index in [1.165, 1.54) is 0 Å². The van der Waals surface area contributed by atoms with E-state index < -0.39 is 5.97 Å². The molecule has 0 aromatic carbocycles. The molecule has 0 aliphatic carbocycles. The fraction of sp³-hybridized carbons (Fsp3) is 0.500. The lowest BCUT2D eigenvalue weighted by Gasteiger charge is -1.97. The van der Waals surface area contributed by atoms with Gasteiger partial charge in [-0.25, -0.2) is 4.79 Å². The molecule has 0 bridgehead atoms. The van der Waals surface area contributed by atoms with E-state index in [2.05, 4.69) is 0 Å². The SMILES string of the molecule is O=C(O)/C=C\C(=O)CCOCCO. The molecule has 0 saturated heterocycles. The largest absolute Gasteiger partial charge is 0.478 e. The third-order valence-corrected chi connectivity index (χ3v) is 1.14. The fourth-order valence-electron chi connectivity index (χ4n) is 0.587. The summed E-state index contributed by atoms with van der Waals surface area (Å²) in [5.41, 5.74) is 0. The van der Waals surface area contributed by atoms with Crippen LogP contribution in [0, 0.1) is 0 Å². The first kappa shape index (κ1) is 11.8. The maximum absolute atomic E-state index is 10.8. The quantitative estimate of drug-likeness (QED) is 0.419. The van der Waals surface area contributed by atoms with E-state index in [4.69, 9.17) is 14.9 Å². The van der Waals surface area contributed by atoms with E-state index in [0.717, 1.165) is 12.2 Å². The minimum atomic E-state index is -1.15. The second-order valence-electron chi connectivity index (χ2n) is 2.22. The molecular weight excluding hydrogens is 176 g/mol. The van der Waals surface area contributed by atoms with Crippen molar-refractivity contribution in [3.63, 3.8) is 0 Å². The number of carbonyl (C=O) groups excluding carboxylic acids is 1. The van der Waals surface area contributed by atoms with Crippen LogP contribution in [0.3, 0.4) is 0 Å². The van der Waals surface area contributed by atoms with Gasteiger partial charge in [0.2, 0.25) is 0 Å². The molecule has 0 unspecified atom stereocenters. The highest BCUT2D eigenvalue weighted by atomic mass is 16.5. The topological polar surface area (TPSA) is 83.8 Å². The van der Waals surface area contributed by atoms with Crippen LogP contribution < -0.4 is 0 Å². The summed E-state index contributed by atoms with van der Waals surface area (Å²) in [4.78, 5) is 20.8. The van der Waals surface area contributed by atoms with Gasteiger partial charge in [-0.2, -0.15) is 0 Å². The lowest BCUT2D eigenvalue weighted by Crippen LogP contribution is -2.05. The number of hydrogen-bond acceptors (Lipinski definition) is 4. The van der Waals surface area contributed by atoms with Crippen molar-refractivity contribution in [2.24, 2.45) is 0 Å². The number of rotatable bonds is 7. The number of carboxylic acids is 1. The summed E-state index contributed by atoms with van der Waals surface area (Å²) in [6, 6.07) is 0. The molecule has 2 N–H and O–H groups in total. The van der Waals surface area contributed by atoms with Gasteiger partial charge in [0.25, 0.3) is 0 Å². The van der Waals surface area contributed by atoms with E-state index >= 15 is 0 Å². The highest BCUT2D eigenvalue weighted by Crippen LogP contribution is 1.87. The Bertz CT molecular complexity index is 197. The first-order valence-corrected chi connectivity index (χ1v) is 3.79. The molecule has 0 aromatic rings. The minimum absolute atomic E-state index is 0.0842. The number of aliphatic carboxylic acids is 1. The second kappa shape index (κ2) is 7.45. The molecule has 0 aliphatic heterocycles. The number of aliphatic hydroxyl groups excluding tert-OH is 1. The van der Waals surface area contributed by atoms with E-state index in [1.54, 1.807) is 0 Å².